The van der Waals surface area contributed by atoms with Crippen LogP contribution >= 0.6 is 11.6 Å². The normalized spacial score (nSPS) is 29.0. The molecule has 2 aliphatic rings. The van der Waals surface area contributed by atoms with Gasteiger partial charge >= 0.3 is 6.18 Å². The van der Waals surface area contributed by atoms with E-state index < -0.39 is 18.3 Å². The summed E-state index contributed by atoms with van der Waals surface area (Å²) in [6.07, 6.45) is -6.28. The number of alkyl halides is 3. The summed E-state index contributed by atoms with van der Waals surface area (Å²) in [6, 6.07) is 3.60. The summed E-state index contributed by atoms with van der Waals surface area (Å²) >= 11 is 5.95. The Kier molecular flexibility index (Phi) is 3.30. The van der Waals surface area contributed by atoms with Crippen molar-refractivity contribution >= 4 is 23.0 Å². The number of piperidine rings is 1. The summed E-state index contributed by atoms with van der Waals surface area (Å²) < 4.78 is 38.5. The summed E-state index contributed by atoms with van der Waals surface area (Å²) in [5, 5.41) is 9.85. The van der Waals surface area contributed by atoms with Crippen molar-refractivity contribution in [3.8, 4) is 0 Å². The summed E-state index contributed by atoms with van der Waals surface area (Å²) in [7, 11) is 0. The molecule has 1 heterocycles. The fraction of sp³-hybridized carbons (Fsp3) is 0.500. The molecule has 7 heteroatoms. The van der Waals surface area contributed by atoms with Crippen molar-refractivity contribution < 1.29 is 18.3 Å². The minimum atomic E-state index is -4.64. The van der Waals surface area contributed by atoms with Gasteiger partial charge in [0.2, 0.25) is 5.69 Å². The fourth-order valence-corrected chi connectivity index (χ4v) is 3.36. The number of nitrogens with zero attached hydrogens (tertiary/aromatic N) is 2. The van der Waals surface area contributed by atoms with Crippen LogP contribution in [0.1, 0.15) is 6.42 Å². The molecular formula is C14H12ClF3N2O. The number of hydrogen-bond donors (Lipinski definition) is 1. The first-order valence-electron chi connectivity index (χ1n) is 6.51. The highest BCUT2D eigenvalue weighted by molar-refractivity contribution is 6.33. The Balaban J connectivity index is 1.91. The minimum Gasteiger partial charge on any atom is -0.382 e. The third kappa shape index (κ3) is 2.45. The zero-order chi connectivity index (χ0) is 15.4. The average Bonchev–Trinajstić information content (AvgIpc) is 3.08. The Morgan fingerprint density at radius 3 is 2.71 bits per heavy atom. The largest absolute Gasteiger partial charge is 0.416 e. The number of hydrogen-bond acceptors (Lipinski definition) is 2. The molecule has 3 rings (SSSR count). The Hall–Kier alpha value is -1.45. The van der Waals surface area contributed by atoms with Crippen LogP contribution in [0, 0.1) is 18.4 Å². The summed E-state index contributed by atoms with van der Waals surface area (Å²) in [5.74, 6) is 0.0762. The van der Waals surface area contributed by atoms with E-state index in [1.807, 2.05) is 0 Å². The van der Waals surface area contributed by atoms with Gasteiger partial charge < -0.3 is 10.0 Å². The summed E-state index contributed by atoms with van der Waals surface area (Å²) in [4.78, 5) is 4.79. The van der Waals surface area contributed by atoms with Crippen LogP contribution in [0.4, 0.5) is 24.5 Å². The predicted molar refractivity (Wildman–Crippen MR) is 72.5 cm³/mol. The van der Waals surface area contributed by atoms with Gasteiger partial charge in [-0.3, -0.25) is 0 Å². The molecule has 3 nitrogen and oxygen atoms in total. The van der Waals surface area contributed by atoms with Crippen molar-refractivity contribution in [3.63, 3.8) is 0 Å². The van der Waals surface area contributed by atoms with E-state index in [-0.39, 0.29) is 22.5 Å². The number of aliphatic hydroxyl groups excluding tert-OH is 1. The van der Waals surface area contributed by atoms with Crippen molar-refractivity contribution in [1.82, 2.24) is 0 Å². The third-order valence-corrected chi connectivity index (χ3v) is 4.55. The van der Waals surface area contributed by atoms with Crippen molar-refractivity contribution in [3.05, 3.63) is 34.6 Å². The van der Waals surface area contributed by atoms with Gasteiger partial charge in [-0.15, -0.1) is 0 Å². The van der Waals surface area contributed by atoms with E-state index in [9.17, 15) is 18.3 Å². The molecule has 4 unspecified atom stereocenters. The second kappa shape index (κ2) is 4.79. The summed E-state index contributed by atoms with van der Waals surface area (Å²) in [6.45, 7) is 7.41. The number of aliphatic hydroxyl groups is 1. The number of halogens is 4. The maximum Gasteiger partial charge on any atom is 0.416 e. The SMILES string of the molecule is [C-]#[N+]c1ccc(N2CC3CC3C2C(O)C(F)(F)F)cc1Cl. The number of fused-ring (bicyclic) bond motifs is 1. The highest BCUT2D eigenvalue weighted by atomic mass is 35.5. The van der Waals surface area contributed by atoms with Gasteiger partial charge in [0, 0.05) is 17.3 Å². The van der Waals surface area contributed by atoms with Gasteiger partial charge in [-0.2, -0.15) is 13.2 Å². The monoisotopic (exact) mass is 316 g/mol. The van der Waals surface area contributed by atoms with Crippen molar-refractivity contribution in [2.24, 2.45) is 11.8 Å². The quantitative estimate of drug-likeness (QED) is 0.844. The van der Waals surface area contributed by atoms with Crippen molar-refractivity contribution in [2.45, 2.75) is 24.7 Å². The van der Waals surface area contributed by atoms with E-state index in [0.717, 1.165) is 6.42 Å². The zero-order valence-electron chi connectivity index (χ0n) is 10.8. The lowest BCUT2D eigenvalue weighted by Gasteiger charge is -2.34. The molecule has 1 aromatic carbocycles. The topological polar surface area (TPSA) is 27.8 Å². The molecule has 1 N–H and O–H groups in total. The van der Waals surface area contributed by atoms with Crippen LogP contribution in [0.2, 0.25) is 5.02 Å². The lowest BCUT2D eigenvalue weighted by Crippen LogP contribution is -2.49. The molecule has 4 atom stereocenters. The number of benzene rings is 1. The molecule has 1 saturated carbocycles. The second-order valence-electron chi connectivity index (χ2n) is 5.54. The van der Waals surface area contributed by atoms with Gasteiger partial charge in [0.25, 0.3) is 0 Å². The third-order valence-electron chi connectivity index (χ3n) is 4.25. The van der Waals surface area contributed by atoms with Gasteiger partial charge in [0.1, 0.15) is 0 Å². The Morgan fingerprint density at radius 1 is 1.43 bits per heavy atom. The van der Waals surface area contributed by atoms with E-state index in [0.29, 0.717) is 12.2 Å². The van der Waals surface area contributed by atoms with Crippen molar-refractivity contribution in [1.29, 1.82) is 0 Å². The predicted octanol–water partition coefficient (Wildman–Crippen LogP) is 3.64. The molecule has 0 amide bonds. The lowest BCUT2D eigenvalue weighted by atomic mass is 10.0. The molecule has 112 valence electrons. The number of rotatable bonds is 2. The van der Waals surface area contributed by atoms with Crippen LogP contribution in [0.25, 0.3) is 4.85 Å². The maximum atomic E-state index is 12.8. The van der Waals surface area contributed by atoms with Gasteiger partial charge in [-0.05, 0) is 30.4 Å². The second-order valence-corrected chi connectivity index (χ2v) is 5.94. The Morgan fingerprint density at radius 2 is 2.14 bits per heavy atom. The molecular weight excluding hydrogens is 305 g/mol. The highest BCUT2D eigenvalue weighted by Crippen LogP contribution is 2.53. The molecule has 1 aliphatic heterocycles. The van der Waals surface area contributed by atoms with Crippen molar-refractivity contribution in [2.75, 3.05) is 11.4 Å². The van der Waals surface area contributed by atoms with Gasteiger partial charge in [-0.1, -0.05) is 17.7 Å². The molecule has 1 aromatic rings. The van der Waals surface area contributed by atoms with Gasteiger partial charge in [0.15, 0.2) is 6.10 Å². The lowest BCUT2D eigenvalue weighted by molar-refractivity contribution is -0.210. The molecule has 1 aliphatic carbocycles. The van der Waals surface area contributed by atoms with Crippen LogP contribution in [0.5, 0.6) is 0 Å². The van der Waals surface area contributed by atoms with Gasteiger partial charge in [-0.25, -0.2) is 4.85 Å². The van der Waals surface area contributed by atoms with E-state index >= 15 is 0 Å². The minimum absolute atomic E-state index is 0.124. The van der Waals surface area contributed by atoms with E-state index in [1.165, 1.54) is 12.1 Å². The fourth-order valence-electron chi connectivity index (χ4n) is 3.15. The van der Waals surface area contributed by atoms with Gasteiger partial charge in [0.05, 0.1) is 12.6 Å². The molecule has 0 bridgehead atoms. The summed E-state index contributed by atoms with van der Waals surface area (Å²) in [5.41, 5.74) is 0.783. The molecule has 0 radical (unpaired) electrons. The van der Waals surface area contributed by atoms with Crippen LogP contribution in [0.15, 0.2) is 18.2 Å². The number of anilines is 1. The molecule has 21 heavy (non-hydrogen) atoms. The van der Waals surface area contributed by atoms with E-state index in [4.69, 9.17) is 18.2 Å². The maximum absolute atomic E-state index is 12.8. The molecule has 0 spiro atoms. The molecule has 2 fully saturated rings. The first kappa shape index (κ1) is 14.5. The Labute approximate surface area is 124 Å². The first-order chi connectivity index (χ1) is 9.82. The zero-order valence-corrected chi connectivity index (χ0v) is 11.6. The first-order valence-corrected chi connectivity index (χ1v) is 6.89. The van der Waals surface area contributed by atoms with E-state index in [2.05, 4.69) is 4.85 Å². The Bertz CT molecular complexity index is 613. The highest BCUT2D eigenvalue weighted by Gasteiger charge is 2.60. The van der Waals surface area contributed by atoms with E-state index in [1.54, 1.807) is 11.0 Å². The molecule has 0 aromatic heterocycles. The average molecular weight is 317 g/mol. The van der Waals surface area contributed by atoms with Crippen LogP contribution in [0.3, 0.4) is 0 Å². The molecule has 1 saturated heterocycles. The smallest absolute Gasteiger partial charge is 0.382 e. The van der Waals surface area contributed by atoms with Crippen LogP contribution in [-0.4, -0.2) is 30.0 Å². The van der Waals surface area contributed by atoms with Crippen LogP contribution < -0.4 is 4.90 Å². The van der Waals surface area contributed by atoms with Crippen LogP contribution in [-0.2, 0) is 0 Å². The standard InChI is InChI=1S/C14H12ClF3N2O/c1-19-11-3-2-8(5-10(11)15)20-6-7-4-9(7)12(20)13(21)14(16,17)18/h2-3,5,7,9,12-13,21H,4,6H2.